The Bertz CT molecular complexity index is 605. The molecule has 186 valence electrons. The molecule has 1 atom stereocenters. The van der Waals surface area contributed by atoms with Gasteiger partial charge >= 0.3 is 12.1 Å². The average molecular weight is 469 g/mol. The Morgan fingerprint density at radius 1 is 1.12 bits per heavy atom. The van der Waals surface area contributed by atoms with Crippen molar-refractivity contribution < 1.29 is 42.1 Å². The summed E-state index contributed by atoms with van der Waals surface area (Å²) in [6.45, 7) is 6.94. The van der Waals surface area contributed by atoms with Crippen molar-refractivity contribution in [3.63, 3.8) is 0 Å². The van der Waals surface area contributed by atoms with Crippen LogP contribution < -0.4 is 0 Å². The van der Waals surface area contributed by atoms with Crippen LogP contribution in [0.1, 0.15) is 32.1 Å². The predicted octanol–water partition coefficient (Wildman–Crippen LogP) is 2.02. The monoisotopic (exact) mass is 468 g/mol. The molecule has 0 aliphatic carbocycles. The molecule has 8 nitrogen and oxygen atoms in total. The molecule has 0 aromatic heterocycles. The van der Waals surface area contributed by atoms with E-state index in [2.05, 4.69) is 9.80 Å². The first-order chi connectivity index (χ1) is 15.1. The number of rotatable bonds is 6. The standard InChI is InChI=1S/C19H34N2O4.C2HF3O2/c1-23-12-9-21-15-19(13-17(21)14-24-2)5-7-20(8-6-19)18(22)16-3-10-25-11-4-16;3-2(4,5)1(6)7/h16-17H,3-15H2,1-2H3;(H,6,7). The summed E-state index contributed by atoms with van der Waals surface area (Å²) in [5, 5.41) is 7.12. The first-order valence-corrected chi connectivity index (χ1v) is 11.0. The van der Waals surface area contributed by atoms with E-state index < -0.39 is 12.1 Å². The van der Waals surface area contributed by atoms with E-state index in [1.807, 2.05) is 0 Å². The van der Waals surface area contributed by atoms with Gasteiger partial charge in [0, 0.05) is 65.6 Å². The lowest BCUT2D eigenvalue weighted by Crippen LogP contribution is -2.47. The second-order valence-corrected chi connectivity index (χ2v) is 8.79. The zero-order chi connectivity index (χ0) is 23.8. The Morgan fingerprint density at radius 3 is 2.22 bits per heavy atom. The number of carbonyl (C=O) groups excluding carboxylic acids is 1. The number of ether oxygens (including phenoxy) is 3. The van der Waals surface area contributed by atoms with Gasteiger partial charge in [0.2, 0.25) is 5.91 Å². The molecule has 32 heavy (non-hydrogen) atoms. The molecule has 1 spiro atoms. The van der Waals surface area contributed by atoms with Gasteiger partial charge in [-0.3, -0.25) is 9.69 Å². The number of likely N-dealkylation sites (tertiary alicyclic amines) is 2. The zero-order valence-corrected chi connectivity index (χ0v) is 18.9. The molecular formula is C21H35F3N2O6. The fraction of sp³-hybridized carbons (Fsp3) is 0.905. The van der Waals surface area contributed by atoms with Gasteiger partial charge in [-0.15, -0.1) is 0 Å². The van der Waals surface area contributed by atoms with E-state index in [0.29, 0.717) is 17.4 Å². The Labute approximate surface area is 187 Å². The summed E-state index contributed by atoms with van der Waals surface area (Å²) in [4.78, 5) is 26.3. The van der Waals surface area contributed by atoms with Crippen LogP contribution in [0.2, 0.25) is 0 Å². The van der Waals surface area contributed by atoms with Crippen LogP contribution in [0.15, 0.2) is 0 Å². The van der Waals surface area contributed by atoms with Gasteiger partial charge in [-0.25, -0.2) is 4.79 Å². The number of carboxylic acid groups (broad SMARTS) is 1. The molecule has 11 heteroatoms. The van der Waals surface area contributed by atoms with Crippen LogP contribution in [0.25, 0.3) is 0 Å². The van der Waals surface area contributed by atoms with E-state index in [0.717, 1.165) is 78.3 Å². The number of methoxy groups -OCH3 is 2. The quantitative estimate of drug-likeness (QED) is 0.638. The highest BCUT2D eigenvalue weighted by molar-refractivity contribution is 5.79. The average Bonchev–Trinajstić information content (AvgIpc) is 3.09. The smallest absolute Gasteiger partial charge is 0.475 e. The molecule has 1 amide bonds. The van der Waals surface area contributed by atoms with E-state index in [1.54, 1.807) is 14.2 Å². The van der Waals surface area contributed by atoms with Crippen molar-refractivity contribution in [3.05, 3.63) is 0 Å². The fourth-order valence-corrected chi connectivity index (χ4v) is 4.85. The van der Waals surface area contributed by atoms with Gasteiger partial charge in [-0.1, -0.05) is 0 Å². The number of hydrogen-bond acceptors (Lipinski definition) is 6. The molecule has 0 saturated carbocycles. The lowest BCUT2D eigenvalue weighted by atomic mass is 9.76. The molecule has 0 radical (unpaired) electrons. The summed E-state index contributed by atoms with van der Waals surface area (Å²) in [7, 11) is 3.55. The second kappa shape index (κ2) is 12.2. The molecule has 3 heterocycles. The van der Waals surface area contributed by atoms with E-state index >= 15 is 0 Å². The molecule has 3 saturated heterocycles. The molecule has 0 bridgehead atoms. The maximum Gasteiger partial charge on any atom is 0.490 e. The lowest BCUT2D eigenvalue weighted by molar-refractivity contribution is -0.192. The van der Waals surface area contributed by atoms with Crippen LogP contribution in [0.4, 0.5) is 13.2 Å². The van der Waals surface area contributed by atoms with Crippen molar-refractivity contribution in [2.24, 2.45) is 11.3 Å². The van der Waals surface area contributed by atoms with Gasteiger partial charge in [0.05, 0.1) is 13.2 Å². The molecule has 3 aliphatic heterocycles. The number of hydrogen-bond donors (Lipinski definition) is 1. The third kappa shape index (κ3) is 7.57. The molecule has 3 fully saturated rings. The maximum absolute atomic E-state index is 12.8. The van der Waals surface area contributed by atoms with Gasteiger partial charge in [-0.05, 0) is 37.5 Å². The van der Waals surface area contributed by atoms with Gasteiger partial charge in [0.25, 0.3) is 0 Å². The van der Waals surface area contributed by atoms with Crippen LogP contribution in [0.5, 0.6) is 0 Å². The molecule has 0 aromatic rings. The van der Waals surface area contributed by atoms with E-state index in [9.17, 15) is 18.0 Å². The number of aliphatic carboxylic acids is 1. The number of alkyl halides is 3. The Morgan fingerprint density at radius 2 is 1.72 bits per heavy atom. The van der Waals surface area contributed by atoms with Crippen LogP contribution in [-0.4, -0.2) is 106 Å². The van der Waals surface area contributed by atoms with Crippen molar-refractivity contribution >= 4 is 11.9 Å². The van der Waals surface area contributed by atoms with Gasteiger partial charge in [0.15, 0.2) is 0 Å². The van der Waals surface area contributed by atoms with Crippen molar-refractivity contribution in [1.29, 1.82) is 0 Å². The number of piperidine rings is 1. The lowest BCUT2D eigenvalue weighted by Gasteiger charge is -2.41. The minimum Gasteiger partial charge on any atom is -0.475 e. The first kappa shape index (κ1) is 26.8. The molecule has 1 N–H and O–H groups in total. The number of carbonyl (C=O) groups is 2. The summed E-state index contributed by atoms with van der Waals surface area (Å²) in [5.74, 6) is -2.21. The Hall–Kier alpha value is -1.43. The Kier molecular flexibility index (Phi) is 10.2. The highest BCUT2D eigenvalue weighted by atomic mass is 19.4. The topological polar surface area (TPSA) is 88.5 Å². The van der Waals surface area contributed by atoms with Crippen molar-refractivity contribution in [1.82, 2.24) is 9.80 Å². The highest BCUT2D eigenvalue weighted by Crippen LogP contribution is 2.43. The summed E-state index contributed by atoms with van der Waals surface area (Å²) < 4.78 is 47.9. The fourth-order valence-electron chi connectivity index (χ4n) is 4.85. The third-order valence-corrected chi connectivity index (χ3v) is 6.61. The molecule has 3 aliphatic rings. The van der Waals surface area contributed by atoms with Crippen LogP contribution in [-0.2, 0) is 23.8 Å². The van der Waals surface area contributed by atoms with Gasteiger partial charge in [-0.2, -0.15) is 13.2 Å². The predicted molar refractivity (Wildman–Crippen MR) is 109 cm³/mol. The van der Waals surface area contributed by atoms with Crippen molar-refractivity contribution in [2.45, 2.75) is 44.3 Å². The molecule has 1 unspecified atom stereocenters. The summed E-state index contributed by atoms with van der Waals surface area (Å²) >= 11 is 0. The van der Waals surface area contributed by atoms with Crippen LogP contribution >= 0.6 is 0 Å². The molecule has 0 aromatic carbocycles. The number of amides is 1. The van der Waals surface area contributed by atoms with Crippen molar-refractivity contribution in [2.75, 3.05) is 66.8 Å². The van der Waals surface area contributed by atoms with Gasteiger partial charge < -0.3 is 24.2 Å². The second-order valence-electron chi connectivity index (χ2n) is 8.79. The SMILES string of the molecule is COCCN1CC2(CCN(C(=O)C3CCOCC3)CC2)CC1COC.O=C(O)C(F)(F)F. The minimum atomic E-state index is -5.08. The summed E-state index contributed by atoms with van der Waals surface area (Å²) in [6.07, 6.45) is 0.115. The first-order valence-electron chi connectivity index (χ1n) is 11.0. The Balaban J connectivity index is 0.000000451. The third-order valence-electron chi connectivity index (χ3n) is 6.61. The minimum absolute atomic E-state index is 0.186. The number of halogens is 3. The summed E-state index contributed by atoms with van der Waals surface area (Å²) in [6, 6.07) is 0.484. The maximum atomic E-state index is 12.8. The molecule has 3 rings (SSSR count). The van der Waals surface area contributed by atoms with Gasteiger partial charge in [0.1, 0.15) is 0 Å². The van der Waals surface area contributed by atoms with Crippen LogP contribution in [0.3, 0.4) is 0 Å². The van der Waals surface area contributed by atoms with Crippen LogP contribution in [0, 0.1) is 11.3 Å². The molecular weight excluding hydrogens is 433 g/mol. The number of carboxylic acids is 1. The van der Waals surface area contributed by atoms with E-state index in [-0.39, 0.29) is 5.92 Å². The van der Waals surface area contributed by atoms with E-state index in [1.165, 1.54) is 6.42 Å². The highest BCUT2D eigenvalue weighted by Gasteiger charge is 2.46. The zero-order valence-electron chi connectivity index (χ0n) is 18.9. The number of nitrogens with zero attached hydrogens (tertiary/aromatic N) is 2. The normalized spacial score (nSPS) is 24.3. The largest absolute Gasteiger partial charge is 0.490 e. The summed E-state index contributed by atoms with van der Waals surface area (Å²) in [5.41, 5.74) is 0.351. The van der Waals surface area contributed by atoms with Crippen molar-refractivity contribution in [3.8, 4) is 0 Å². The van der Waals surface area contributed by atoms with E-state index in [4.69, 9.17) is 24.1 Å².